The minimum Gasteiger partial charge on any atom is -0.497 e. The number of aromatic nitrogens is 2. The van der Waals surface area contributed by atoms with Gasteiger partial charge in [-0.25, -0.2) is 4.98 Å². The number of anilines is 2. The summed E-state index contributed by atoms with van der Waals surface area (Å²) in [7, 11) is 3.71. The maximum atomic E-state index is 13.2. The normalized spacial score (nSPS) is 16.8. The lowest BCUT2D eigenvalue weighted by molar-refractivity contribution is 0.0733. The van der Waals surface area contributed by atoms with E-state index in [1.165, 1.54) is 12.8 Å². The Morgan fingerprint density at radius 3 is 2.44 bits per heavy atom. The van der Waals surface area contributed by atoms with Gasteiger partial charge in [-0.3, -0.25) is 4.79 Å². The Morgan fingerprint density at radius 2 is 1.81 bits per heavy atom. The van der Waals surface area contributed by atoms with Crippen LogP contribution in [0.2, 0.25) is 0 Å². The van der Waals surface area contributed by atoms with Crippen LogP contribution in [0.25, 0.3) is 0 Å². The largest absolute Gasteiger partial charge is 0.497 e. The van der Waals surface area contributed by atoms with Crippen molar-refractivity contribution in [3.63, 3.8) is 0 Å². The molecule has 0 N–H and O–H groups in total. The minimum atomic E-state index is 0.0329. The van der Waals surface area contributed by atoms with Crippen LogP contribution in [-0.4, -0.2) is 60.6 Å². The van der Waals surface area contributed by atoms with Crippen molar-refractivity contribution in [3.8, 4) is 5.75 Å². The molecular formula is C25H35N5O2. The van der Waals surface area contributed by atoms with Gasteiger partial charge in [-0.05, 0) is 56.9 Å². The first-order valence-corrected chi connectivity index (χ1v) is 11.7. The average Bonchev–Trinajstić information content (AvgIpc) is 2.82. The maximum Gasteiger partial charge on any atom is 0.254 e. The Labute approximate surface area is 191 Å². The number of hydrogen-bond acceptors (Lipinski definition) is 6. The Bertz CT molecular complexity index is 952. The zero-order valence-electron chi connectivity index (χ0n) is 20.0. The number of ether oxygens (including phenoxy) is 1. The van der Waals surface area contributed by atoms with Gasteiger partial charge in [-0.15, -0.1) is 0 Å². The van der Waals surface area contributed by atoms with E-state index in [1.807, 2.05) is 29.2 Å². The Kier molecular flexibility index (Phi) is 6.53. The van der Waals surface area contributed by atoms with Crippen molar-refractivity contribution in [2.45, 2.75) is 52.6 Å². The molecule has 0 unspecified atom stereocenters. The van der Waals surface area contributed by atoms with E-state index < -0.39 is 0 Å². The summed E-state index contributed by atoms with van der Waals surface area (Å²) >= 11 is 0. The molecule has 7 heteroatoms. The molecule has 0 saturated carbocycles. The lowest BCUT2D eigenvalue weighted by Gasteiger charge is -2.35. The molecule has 1 amide bonds. The zero-order valence-corrected chi connectivity index (χ0v) is 20.0. The van der Waals surface area contributed by atoms with E-state index in [0.717, 1.165) is 54.2 Å². The van der Waals surface area contributed by atoms with Crippen molar-refractivity contribution in [2.75, 3.05) is 43.6 Å². The monoisotopic (exact) mass is 437 g/mol. The molecule has 172 valence electrons. The lowest BCUT2D eigenvalue weighted by atomic mass is 9.99. The summed E-state index contributed by atoms with van der Waals surface area (Å²) < 4.78 is 5.22. The first kappa shape index (κ1) is 22.4. The summed E-state index contributed by atoms with van der Waals surface area (Å²) in [5.74, 6) is 3.34. The molecular weight excluding hydrogens is 402 g/mol. The standard InChI is InChI=1S/C25H35N5O2/c1-17(2)28(4)23-21-16-30(24(31)19-6-8-20(32-5)9-7-19)15-12-22(21)26-25(27-23)29-13-10-18(3)11-14-29/h6-9,17-18H,10-16H2,1-5H3. The Hall–Kier alpha value is -2.83. The molecule has 0 bridgehead atoms. The topological polar surface area (TPSA) is 61.8 Å². The molecule has 4 rings (SSSR count). The lowest BCUT2D eigenvalue weighted by Crippen LogP contribution is -2.40. The quantitative estimate of drug-likeness (QED) is 0.710. The molecule has 1 fully saturated rings. The van der Waals surface area contributed by atoms with Gasteiger partial charge >= 0.3 is 0 Å². The van der Waals surface area contributed by atoms with E-state index in [2.05, 4.69) is 37.6 Å². The van der Waals surface area contributed by atoms with E-state index >= 15 is 0 Å². The predicted molar refractivity (Wildman–Crippen MR) is 128 cm³/mol. The summed E-state index contributed by atoms with van der Waals surface area (Å²) in [6.07, 6.45) is 3.11. The third kappa shape index (κ3) is 4.52. The average molecular weight is 438 g/mol. The summed E-state index contributed by atoms with van der Waals surface area (Å²) in [5.41, 5.74) is 2.83. The van der Waals surface area contributed by atoms with Crippen LogP contribution >= 0.6 is 0 Å². The van der Waals surface area contributed by atoms with Crippen LogP contribution in [0.3, 0.4) is 0 Å². The summed E-state index contributed by atoms with van der Waals surface area (Å²) in [4.78, 5) is 29.7. The van der Waals surface area contributed by atoms with Gasteiger partial charge in [0.15, 0.2) is 0 Å². The molecule has 2 aromatic rings. The van der Waals surface area contributed by atoms with E-state index in [4.69, 9.17) is 14.7 Å². The van der Waals surface area contributed by atoms with Crippen molar-refractivity contribution in [1.29, 1.82) is 0 Å². The predicted octanol–water partition coefficient (Wildman–Crippen LogP) is 3.76. The van der Waals surface area contributed by atoms with Crippen molar-refractivity contribution in [1.82, 2.24) is 14.9 Å². The van der Waals surface area contributed by atoms with E-state index in [9.17, 15) is 4.79 Å². The fraction of sp³-hybridized carbons (Fsp3) is 0.560. The molecule has 3 heterocycles. The molecule has 0 radical (unpaired) electrons. The second kappa shape index (κ2) is 9.35. The van der Waals surface area contributed by atoms with Crippen LogP contribution in [0.5, 0.6) is 5.75 Å². The molecule has 0 atom stereocenters. The van der Waals surface area contributed by atoms with Crippen molar-refractivity contribution < 1.29 is 9.53 Å². The molecule has 1 saturated heterocycles. The first-order valence-electron chi connectivity index (χ1n) is 11.7. The third-order valence-corrected chi connectivity index (χ3v) is 6.83. The molecule has 2 aliphatic heterocycles. The van der Waals surface area contributed by atoms with E-state index in [0.29, 0.717) is 24.7 Å². The third-order valence-electron chi connectivity index (χ3n) is 6.83. The molecule has 2 aliphatic rings. The van der Waals surface area contributed by atoms with Gasteiger partial charge in [0, 0.05) is 50.3 Å². The van der Waals surface area contributed by atoms with Crippen LogP contribution < -0.4 is 14.5 Å². The number of carbonyl (C=O) groups is 1. The highest BCUT2D eigenvalue weighted by atomic mass is 16.5. The highest BCUT2D eigenvalue weighted by Gasteiger charge is 2.29. The number of fused-ring (bicyclic) bond motifs is 1. The molecule has 32 heavy (non-hydrogen) atoms. The number of hydrogen-bond donors (Lipinski definition) is 0. The van der Waals surface area contributed by atoms with Gasteiger partial charge in [-0.2, -0.15) is 4.98 Å². The molecule has 7 nitrogen and oxygen atoms in total. The summed E-state index contributed by atoms with van der Waals surface area (Å²) in [5, 5.41) is 0. The molecule has 1 aromatic heterocycles. The van der Waals surface area contributed by atoms with E-state index in [-0.39, 0.29) is 5.91 Å². The first-order chi connectivity index (χ1) is 15.4. The summed E-state index contributed by atoms with van der Waals surface area (Å²) in [6.45, 7) is 9.86. The fourth-order valence-corrected chi connectivity index (χ4v) is 4.36. The van der Waals surface area contributed by atoms with Crippen LogP contribution in [0.1, 0.15) is 55.2 Å². The van der Waals surface area contributed by atoms with Gasteiger partial charge in [0.1, 0.15) is 11.6 Å². The smallest absolute Gasteiger partial charge is 0.254 e. The second-order valence-electron chi connectivity index (χ2n) is 9.35. The Morgan fingerprint density at radius 1 is 1.12 bits per heavy atom. The van der Waals surface area contributed by atoms with Gasteiger partial charge in [0.25, 0.3) is 5.91 Å². The number of methoxy groups -OCH3 is 1. The van der Waals surface area contributed by atoms with Gasteiger partial charge in [0.05, 0.1) is 19.3 Å². The van der Waals surface area contributed by atoms with Crippen LogP contribution in [-0.2, 0) is 13.0 Å². The SMILES string of the molecule is COc1ccc(C(=O)N2CCc3nc(N4CCC(C)CC4)nc(N(C)C(C)C)c3C2)cc1. The Balaban J connectivity index is 1.63. The number of amides is 1. The number of piperidine rings is 1. The number of carbonyl (C=O) groups excluding carboxylic acids is 1. The van der Waals surface area contributed by atoms with Gasteiger partial charge in [0.2, 0.25) is 5.95 Å². The van der Waals surface area contributed by atoms with Crippen LogP contribution in [0.4, 0.5) is 11.8 Å². The van der Waals surface area contributed by atoms with Crippen molar-refractivity contribution in [2.24, 2.45) is 5.92 Å². The summed E-state index contributed by atoms with van der Waals surface area (Å²) in [6, 6.07) is 7.62. The van der Waals surface area contributed by atoms with Gasteiger partial charge < -0.3 is 19.4 Å². The highest BCUT2D eigenvalue weighted by molar-refractivity contribution is 5.94. The zero-order chi connectivity index (χ0) is 22.8. The van der Waals surface area contributed by atoms with E-state index in [1.54, 1.807) is 7.11 Å². The van der Waals surface area contributed by atoms with Crippen LogP contribution in [0, 0.1) is 5.92 Å². The second-order valence-corrected chi connectivity index (χ2v) is 9.35. The molecule has 0 aliphatic carbocycles. The van der Waals surface area contributed by atoms with Crippen molar-refractivity contribution in [3.05, 3.63) is 41.1 Å². The molecule has 0 spiro atoms. The van der Waals surface area contributed by atoms with Gasteiger partial charge in [-0.1, -0.05) is 6.92 Å². The molecule has 1 aromatic carbocycles. The number of nitrogens with zero attached hydrogens (tertiary/aromatic N) is 5. The fourth-order valence-electron chi connectivity index (χ4n) is 4.36. The number of rotatable bonds is 5. The maximum absolute atomic E-state index is 13.2. The number of benzene rings is 1. The minimum absolute atomic E-state index is 0.0329. The highest BCUT2D eigenvalue weighted by Crippen LogP contribution is 2.31. The van der Waals surface area contributed by atoms with Crippen LogP contribution in [0.15, 0.2) is 24.3 Å². The van der Waals surface area contributed by atoms with Crippen molar-refractivity contribution >= 4 is 17.7 Å².